The first-order valence-corrected chi connectivity index (χ1v) is 6.25. The van der Waals surface area contributed by atoms with Crippen molar-refractivity contribution in [1.82, 2.24) is 0 Å². The van der Waals surface area contributed by atoms with E-state index < -0.39 is 18.2 Å². The van der Waals surface area contributed by atoms with E-state index in [2.05, 4.69) is 0 Å². The van der Waals surface area contributed by atoms with Crippen molar-refractivity contribution in [3.05, 3.63) is 29.3 Å². The van der Waals surface area contributed by atoms with Gasteiger partial charge < -0.3 is 9.84 Å². The molecule has 0 saturated carbocycles. The molecule has 1 aromatic rings. The molecule has 0 bridgehead atoms. The standard InChI is InChI=1S/C14H17NO4/c1-9-4-3-5-10(2)13(9)15-7-6-11(8-12(16)17)19-14(15)18/h3-5,11H,6-8H2,1-2H3,(H,16,17). The van der Waals surface area contributed by atoms with Gasteiger partial charge in [0.2, 0.25) is 0 Å². The average molecular weight is 263 g/mol. The van der Waals surface area contributed by atoms with Gasteiger partial charge in [-0.25, -0.2) is 4.79 Å². The van der Waals surface area contributed by atoms with Gasteiger partial charge in [0.25, 0.3) is 0 Å². The summed E-state index contributed by atoms with van der Waals surface area (Å²) >= 11 is 0. The highest BCUT2D eigenvalue weighted by Gasteiger charge is 2.30. The maximum atomic E-state index is 12.0. The lowest BCUT2D eigenvalue weighted by Crippen LogP contribution is -2.43. The number of anilines is 1. The van der Waals surface area contributed by atoms with Crippen LogP contribution in [0, 0.1) is 13.8 Å². The summed E-state index contributed by atoms with van der Waals surface area (Å²) in [7, 11) is 0. The maximum Gasteiger partial charge on any atom is 0.414 e. The molecule has 1 unspecified atom stereocenters. The Kier molecular flexibility index (Phi) is 3.74. The van der Waals surface area contributed by atoms with Gasteiger partial charge in [0.05, 0.1) is 12.1 Å². The lowest BCUT2D eigenvalue weighted by molar-refractivity contribution is -0.139. The summed E-state index contributed by atoms with van der Waals surface area (Å²) in [6.45, 7) is 4.38. The number of hydrogen-bond acceptors (Lipinski definition) is 3. The molecule has 102 valence electrons. The molecule has 0 radical (unpaired) electrons. The second-order valence-corrected chi connectivity index (χ2v) is 4.78. The number of benzene rings is 1. The third-order valence-corrected chi connectivity index (χ3v) is 3.27. The molecule has 0 aromatic heterocycles. The van der Waals surface area contributed by atoms with E-state index in [4.69, 9.17) is 9.84 Å². The van der Waals surface area contributed by atoms with Crippen LogP contribution in [0.5, 0.6) is 0 Å². The van der Waals surface area contributed by atoms with Crippen LogP contribution in [-0.2, 0) is 9.53 Å². The molecule has 1 atom stereocenters. The third kappa shape index (κ3) is 2.86. The highest BCUT2D eigenvalue weighted by atomic mass is 16.6. The normalized spacial score (nSPS) is 19.2. The molecule has 1 aromatic carbocycles. The van der Waals surface area contributed by atoms with Gasteiger partial charge in [-0.05, 0) is 25.0 Å². The average Bonchev–Trinajstić information content (AvgIpc) is 2.30. The van der Waals surface area contributed by atoms with Crippen molar-refractivity contribution in [2.24, 2.45) is 0 Å². The van der Waals surface area contributed by atoms with Gasteiger partial charge in [-0.1, -0.05) is 18.2 Å². The lowest BCUT2D eigenvalue weighted by atomic mass is 10.1. The van der Waals surface area contributed by atoms with Gasteiger partial charge in [0.15, 0.2) is 0 Å². The van der Waals surface area contributed by atoms with E-state index in [1.165, 1.54) is 0 Å². The molecule has 0 aliphatic carbocycles. The van der Waals surface area contributed by atoms with Crippen LogP contribution in [0.25, 0.3) is 0 Å². The Balaban J connectivity index is 2.16. The van der Waals surface area contributed by atoms with Gasteiger partial charge >= 0.3 is 12.1 Å². The fourth-order valence-electron chi connectivity index (χ4n) is 2.40. The zero-order valence-corrected chi connectivity index (χ0v) is 11.0. The largest absolute Gasteiger partial charge is 0.481 e. The molecule has 1 aliphatic rings. The number of carbonyl (C=O) groups excluding carboxylic acids is 1. The fraction of sp³-hybridized carbons (Fsp3) is 0.429. The van der Waals surface area contributed by atoms with E-state index >= 15 is 0 Å². The fourth-order valence-corrected chi connectivity index (χ4v) is 2.40. The molecular formula is C14H17NO4. The van der Waals surface area contributed by atoms with E-state index in [1.54, 1.807) is 4.90 Å². The van der Waals surface area contributed by atoms with Crippen LogP contribution in [0.15, 0.2) is 18.2 Å². The van der Waals surface area contributed by atoms with Crippen LogP contribution in [0.3, 0.4) is 0 Å². The molecule has 1 heterocycles. The van der Waals surface area contributed by atoms with Crippen molar-refractivity contribution >= 4 is 17.7 Å². The summed E-state index contributed by atoms with van der Waals surface area (Å²) < 4.78 is 5.18. The van der Waals surface area contributed by atoms with Crippen LogP contribution in [-0.4, -0.2) is 29.8 Å². The molecule has 2 rings (SSSR count). The zero-order valence-electron chi connectivity index (χ0n) is 11.0. The van der Waals surface area contributed by atoms with E-state index in [9.17, 15) is 9.59 Å². The highest BCUT2D eigenvalue weighted by Crippen LogP contribution is 2.28. The maximum absolute atomic E-state index is 12.0. The summed E-state index contributed by atoms with van der Waals surface area (Å²) in [5.74, 6) is -0.946. The number of aryl methyl sites for hydroxylation is 2. The molecule has 1 aliphatic heterocycles. The van der Waals surface area contributed by atoms with Crippen LogP contribution in [0.2, 0.25) is 0 Å². The number of nitrogens with zero attached hydrogens (tertiary/aromatic N) is 1. The predicted octanol–water partition coefficient (Wildman–Crippen LogP) is 2.49. The SMILES string of the molecule is Cc1cccc(C)c1N1CCC(CC(=O)O)OC1=O. The van der Waals surface area contributed by atoms with Gasteiger partial charge in [-0.3, -0.25) is 9.69 Å². The van der Waals surface area contributed by atoms with Gasteiger partial charge in [0, 0.05) is 13.0 Å². The molecule has 1 N–H and O–H groups in total. The number of para-hydroxylation sites is 1. The van der Waals surface area contributed by atoms with Crippen LogP contribution in [0.4, 0.5) is 10.5 Å². The Morgan fingerprint density at radius 3 is 2.58 bits per heavy atom. The van der Waals surface area contributed by atoms with E-state index in [0.29, 0.717) is 13.0 Å². The molecule has 0 spiro atoms. The molecule has 5 heteroatoms. The molecule has 5 nitrogen and oxygen atoms in total. The minimum Gasteiger partial charge on any atom is -0.481 e. The highest BCUT2D eigenvalue weighted by molar-refractivity contribution is 5.90. The van der Waals surface area contributed by atoms with Gasteiger partial charge in [0.1, 0.15) is 6.10 Å². The Morgan fingerprint density at radius 2 is 2.05 bits per heavy atom. The number of amides is 1. The van der Waals surface area contributed by atoms with Crippen LogP contribution < -0.4 is 4.90 Å². The lowest BCUT2D eigenvalue weighted by Gasteiger charge is -2.32. The summed E-state index contributed by atoms with van der Waals surface area (Å²) in [5, 5.41) is 8.72. The van der Waals surface area contributed by atoms with Crippen LogP contribution >= 0.6 is 0 Å². The number of aliphatic carboxylic acids is 1. The van der Waals surface area contributed by atoms with E-state index in [1.807, 2.05) is 32.0 Å². The second-order valence-electron chi connectivity index (χ2n) is 4.78. The van der Waals surface area contributed by atoms with Crippen molar-refractivity contribution in [3.8, 4) is 0 Å². The topological polar surface area (TPSA) is 66.8 Å². The number of hydrogen-bond donors (Lipinski definition) is 1. The van der Waals surface area contributed by atoms with Crippen LogP contribution in [0.1, 0.15) is 24.0 Å². The van der Waals surface area contributed by atoms with Gasteiger partial charge in [-0.2, -0.15) is 0 Å². The van der Waals surface area contributed by atoms with Crippen molar-refractivity contribution in [2.45, 2.75) is 32.8 Å². The van der Waals surface area contributed by atoms with Crippen molar-refractivity contribution in [2.75, 3.05) is 11.4 Å². The van der Waals surface area contributed by atoms with Crippen molar-refractivity contribution < 1.29 is 19.4 Å². The quantitative estimate of drug-likeness (QED) is 0.909. The van der Waals surface area contributed by atoms with Crippen molar-refractivity contribution in [3.63, 3.8) is 0 Å². The number of ether oxygens (including phenoxy) is 1. The predicted molar refractivity (Wildman–Crippen MR) is 70.4 cm³/mol. The van der Waals surface area contributed by atoms with E-state index in [-0.39, 0.29) is 6.42 Å². The number of carboxylic acid groups (broad SMARTS) is 1. The second kappa shape index (κ2) is 5.30. The molecule has 1 saturated heterocycles. The minimum absolute atomic E-state index is 0.133. The zero-order chi connectivity index (χ0) is 14.0. The molecule has 19 heavy (non-hydrogen) atoms. The summed E-state index contributed by atoms with van der Waals surface area (Å²) in [5.41, 5.74) is 2.88. The van der Waals surface area contributed by atoms with Crippen molar-refractivity contribution in [1.29, 1.82) is 0 Å². The number of rotatable bonds is 3. The Hall–Kier alpha value is -2.04. The minimum atomic E-state index is -0.946. The van der Waals surface area contributed by atoms with Gasteiger partial charge in [-0.15, -0.1) is 0 Å². The number of carboxylic acids is 1. The molecular weight excluding hydrogens is 246 g/mol. The Bertz CT molecular complexity index is 492. The molecule has 1 fully saturated rings. The summed E-state index contributed by atoms with van der Waals surface area (Å²) in [6.07, 6.45) is -0.585. The van der Waals surface area contributed by atoms with E-state index in [0.717, 1.165) is 16.8 Å². The monoisotopic (exact) mass is 263 g/mol. The summed E-state index contributed by atoms with van der Waals surface area (Å²) in [6, 6.07) is 5.83. The smallest absolute Gasteiger partial charge is 0.414 e. The summed E-state index contributed by atoms with van der Waals surface area (Å²) in [4.78, 5) is 24.2. The first-order valence-electron chi connectivity index (χ1n) is 6.25. The first kappa shape index (κ1) is 13.4. The Labute approximate surface area is 111 Å². The Morgan fingerprint density at radius 1 is 1.42 bits per heavy atom. The number of cyclic esters (lactones) is 1. The number of carbonyl (C=O) groups is 2. The molecule has 1 amide bonds. The third-order valence-electron chi connectivity index (χ3n) is 3.27. The first-order chi connectivity index (χ1) is 8.99.